The predicted molar refractivity (Wildman–Crippen MR) is 144 cm³/mol. The highest BCUT2D eigenvalue weighted by Crippen LogP contribution is 2.45. The van der Waals surface area contributed by atoms with E-state index in [2.05, 4.69) is 15.1 Å². The van der Waals surface area contributed by atoms with E-state index in [1.807, 2.05) is 11.8 Å². The Morgan fingerprint density at radius 1 is 1.18 bits per heavy atom. The first kappa shape index (κ1) is 26.7. The van der Waals surface area contributed by atoms with E-state index in [1.165, 1.54) is 12.3 Å². The fourth-order valence-electron chi connectivity index (χ4n) is 6.21. The summed E-state index contributed by atoms with van der Waals surface area (Å²) < 4.78 is 52.8. The lowest BCUT2D eigenvalue weighted by molar-refractivity contribution is -0.137. The molecule has 12 heteroatoms. The first-order valence-corrected chi connectivity index (χ1v) is 14.0. The quantitative estimate of drug-likeness (QED) is 0.493. The number of carbonyl (C=O) groups excluding carboxylic acids is 1. The molecular formula is C28H34F3N7O2. The van der Waals surface area contributed by atoms with Gasteiger partial charge in [-0.15, -0.1) is 0 Å². The van der Waals surface area contributed by atoms with Crippen molar-refractivity contribution in [2.75, 3.05) is 38.3 Å². The third-order valence-electron chi connectivity index (χ3n) is 8.27. The number of halogens is 3. The van der Waals surface area contributed by atoms with Crippen LogP contribution < -0.4 is 10.2 Å². The maximum absolute atomic E-state index is 14.5. The van der Waals surface area contributed by atoms with Crippen molar-refractivity contribution < 1.29 is 22.7 Å². The molecule has 3 aliphatic heterocycles. The third-order valence-corrected chi connectivity index (χ3v) is 8.27. The van der Waals surface area contributed by atoms with E-state index in [1.54, 1.807) is 28.9 Å². The van der Waals surface area contributed by atoms with E-state index >= 15 is 0 Å². The summed E-state index contributed by atoms with van der Waals surface area (Å²) in [6.07, 6.45) is 2.38. The van der Waals surface area contributed by atoms with Crippen molar-refractivity contribution in [2.24, 2.45) is 0 Å². The van der Waals surface area contributed by atoms with Crippen LogP contribution in [-0.2, 0) is 36.8 Å². The van der Waals surface area contributed by atoms with Crippen molar-refractivity contribution in [1.29, 1.82) is 0 Å². The zero-order valence-corrected chi connectivity index (χ0v) is 22.8. The predicted octanol–water partition coefficient (Wildman–Crippen LogP) is 4.92. The Morgan fingerprint density at radius 3 is 2.67 bits per heavy atom. The zero-order chi connectivity index (χ0) is 28.0. The summed E-state index contributed by atoms with van der Waals surface area (Å²) in [5, 5.41) is 12.0. The number of fused-ring (bicyclic) bond motifs is 2. The minimum atomic E-state index is -4.54. The number of amides is 2. The highest BCUT2D eigenvalue weighted by Gasteiger charge is 2.38. The first-order valence-electron chi connectivity index (χ1n) is 14.0. The lowest BCUT2D eigenvalue weighted by Gasteiger charge is -2.33. The molecule has 2 aromatic heterocycles. The molecule has 3 aromatic rings. The third kappa shape index (κ3) is 4.71. The molecule has 40 heavy (non-hydrogen) atoms. The lowest BCUT2D eigenvalue weighted by Crippen LogP contribution is -2.42. The summed E-state index contributed by atoms with van der Waals surface area (Å²) in [7, 11) is 1.60. The zero-order valence-electron chi connectivity index (χ0n) is 22.8. The molecule has 1 aromatic carbocycles. The molecule has 0 bridgehead atoms. The van der Waals surface area contributed by atoms with E-state index in [0.29, 0.717) is 69.3 Å². The number of urea groups is 1. The minimum absolute atomic E-state index is 0.147. The maximum Gasteiger partial charge on any atom is 0.417 e. The molecule has 0 unspecified atom stereocenters. The van der Waals surface area contributed by atoms with Gasteiger partial charge in [0.1, 0.15) is 0 Å². The number of aromatic nitrogens is 4. The van der Waals surface area contributed by atoms with Crippen LogP contribution in [0.15, 0.2) is 24.5 Å². The summed E-state index contributed by atoms with van der Waals surface area (Å²) in [4.78, 5) is 16.2. The second-order valence-electron chi connectivity index (χ2n) is 10.6. The van der Waals surface area contributed by atoms with E-state index in [-0.39, 0.29) is 17.6 Å². The van der Waals surface area contributed by atoms with Crippen LogP contribution in [-0.4, -0.2) is 63.8 Å². The Morgan fingerprint density at radius 2 is 1.98 bits per heavy atom. The molecule has 2 amide bonds. The van der Waals surface area contributed by atoms with Gasteiger partial charge in [0.2, 0.25) is 0 Å². The molecule has 214 valence electrons. The Bertz CT molecular complexity index is 1410. The SMILES string of the molecule is CCn1cc(-c2cc3c(cc2C(F)(F)F)N(c2nn(C4CCOCC4)c4c2CN(C(=O)NC)CC4)CCC3)cn1. The van der Waals surface area contributed by atoms with Crippen molar-refractivity contribution in [3.8, 4) is 11.1 Å². The number of nitrogens with one attached hydrogen (secondary N) is 1. The number of hydrogen-bond acceptors (Lipinski definition) is 5. The van der Waals surface area contributed by atoms with Crippen molar-refractivity contribution in [3.63, 3.8) is 0 Å². The molecule has 0 saturated carbocycles. The molecule has 1 N–H and O–H groups in total. The Kier molecular flexibility index (Phi) is 6.97. The second kappa shape index (κ2) is 10.5. The van der Waals surface area contributed by atoms with Crippen molar-refractivity contribution in [3.05, 3.63) is 46.9 Å². The van der Waals surface area contributed by atoms with E-state index in [9.17, 15) is 18.0 Å². The molecule has 0 atom stereocenters. The van der Waals surface area contributed by atoms with Crippen LogP contribution in [0.2, 0.25) is 0 Å². The topological polar surface area (TPSA) is 80.5 Å². The summed E-state index contributed by atoms with van der Waals surface area (Å²) >= 11 is 0. The number of ether oxygens (including phenoxy) is 1. The van der Waals surface area contributed by atoms with Crippen molar-refractivity contribution >= 4 is 17.5 Å². The standard InChI is InChI=1S/C28H34F3N7O2/c1-3-36-16-19(15-33-36)21-13-18-5-4-9-37(25(18)14-23(21)28(29,30)31)26-22-17-35(27(39)32-2)10-6-24(22)38(34-26)20-7-11-40-12-8-20/h13-16,20H,3-12,17H2,1-2H3,(H,32,39). The molecule has 0 aliphatic carbocycles. The van der Waals surface area contributed by atoms with Gasteiger partial charge in [-0.05, 0) is 55.9 Å². The van der Waals surface area contributed by atoms with Gasteiger partial charge in [0.25, 0.3) is 0 Å². The van der Waals surface area contributed by atoms with Gasteiger partial charge in [0.15, 0.2) is 5.82 Å². The maximum atomic E-state index is 14.5. The summed E-state index contributed by atoms with van der Waals surface area (Å²) in [6.45, 7) is 5.25. The van der Waals surface area contributed by atoms with Gasteiger partial charge in [-0.25, -0.2) is 4.79 Å². The van der Waals surface area contributed by atoms with Crippen LogP contribution in [0.5, 0.6) is 0 Å². The number of aryl methyl sites for hydroxylation is 2. The largest absolute Gasteiger partial charge is 0.417 e. The van der Waals surface area contributed by atoms with E-state index in [0.717, 1.165) is 36.1 Å². The number of hydrogen-bond donors (Lipinski definition) is 1. The van der Waals surface area contributed by atoms with Gasteiger partial charge in [-0.2, -0.15) is 23.4 Å². The number of nitrogens with zero attached hydrogens (tertiary/aromatic N) is 6. The highest BCUT2D eigenvalue weighted by molar-refractivity contribution is 5.78. The van der Waals surface area contributed by atoms with Gasteiger partial charge < -0.3 is 19.9 Å². The summed E-state index contributed by atoms with van der Waals surface area (Å²) in [5.74, 6) is 0.649. The average molecular weight is 558 g/mol. The molecule has 1 fully saturated rings. The van der Waals surface area contributed by atoms with Gasteiger partial charge in [0.05, 0.1) is 24.3 Å². The number of anilines is 2. The minimum Gasteiger partial charge on any atom is -0.381 e. The molecule has 0 radical (unpaired) electrons. The number of carbonyl (C=O) groups is 1. The number of alkyl halides is 3. The Labute approximate surface area is 230 Å². The fourth-order valence-corrected chi connectivity index (χ4v) is 6.21. The number of rotatable bonds is 4. The Balaban J connectivity index is 1.47. The van der Waals surface area contributed by atoms with Gasteiger partial charge >= 0.3 is 12.2 Å². The lowest BCUT2D eigenvalue weighted by atomic mass is 9.92. The van der Waals surface area contributed by atoms with Crippen molar-refractivity contribution in [1.82, 2.24) is 29.8 Å². The van der Waals surface area contributed by atoms with E-state index in [4.69, 9.17) is 9.84 Å². The van der Waals surface area contributed by atoms with E-state index < -0.39 is 11.7 Å². The van der Waals surface area contributed by atoms with Crippen LogP contribution in [0.3, 0.4) is 0 Å². The van der Waals surface area contributed by atoms with Crippen molar-refractivity contribution in [2.45, 2.75) is 64.3 Å². The normalized spacial score (nSPS) is 18.0. The molecule has 6 rings (SSSR count). The molecule has 9 nitrogen and oxygen atoms in total. The molecule has 5 heterocycles. The average Bonchev–Trinajstić information content (AvgIpc) is 3.60. The first-order chi connectivity index (χ1) is 19.3. The molecule has 1 saturated heterocycles. The highest BCUT2D eigenvalue weighted by atomic mass is 19.4. The van der Waals surface area contributed by atoms with Gasteiger partial charge in [0, 0.05) is 75.0 Å². The monoisotopic (exact) mass is 557 g/mol. The smallest absolute Gasteiger partial charge is 0.381 e. The van der Waals surface area contributed by atoms with Crippen LogP contribution in [0.4, 0.5) is 29.5 Å². The van der Waals surface area contributed by atoms with Crippen LogP contribution >= 0.6 is 0 Å². The molecule has 0 spiro atoms. The van der Waals surface area contributed by atoms with Gasteiger partial charge in [-0.3, -0.25) is 9.36 Å². The van der Waals surface area contributed by atoms with Crippen LogP contribution in [0.25, 0.3) is 11.1 Å². The Hall–Kier alpha value is -3.54. The van der Waals surface area contributed by atoms with Crippen LogP contribution in [0, 0.1) is 0 Å². The van der Waals surface area contributed by atoms with Crippen LogP contribution in [0.1, 0.15) is 54.6 Å². The second-order valence-corrected chi connectivity index (χ2v) is 10.6. The molecular weight excluding hydrogens is 523 g/mol. The summed E-state index contributed by atoms with van der Waals surface area (Å²) in [6, 6.07) is 2.95. The molecule has 3 aliphatic rings. The summed E-state index contributed by atoms with van der Waals surface area (Å²) in [5.41, 5.74) is 3.28. The van der Waals surface area contributed by atoms with Gasteiger partial charge in [-0.1, -0.05) is 0 Å². The number of benzene rings is 1. The fraction of sp³-hybridized carbons (Fsp3) is 0.536.